The monoisotopic (exact) mass is 403 g/mol. The van der Waals surface area contributed by atoms with Gasteiger partial charge in [-0.05, 0) is 37.0 Å². The SMILES string of the molecule is CN=C(NCC1(C2CC2)CC1)N(C)Cc1cnn(C)c1.I. The van der Waals surface area contributed by atoms with Gasteiger partial charge in [0.25, 0.3) is 0 Å². The minimum absolute atomic E-state index is 0. The molecule has 0 radical (unpaired) electrons. The summed E-state index contributed by atoms with van der Waals surface area (Å²) in [6.45, 7) is 1.92. The van der Waals surface area contributed by atoms with Gasteiger partial charge in [-0.25, -0.2) is 0 Å². The van der Waals surface area contributed by atoms with E-state index in [2.05, 4.69) is 33.6 Å². The summed E-state index contributed by atoms with van der Waals surface area (Å²) in [5, 5.41) is 7.78. The third kappa shape index (κ3) is 3.90. The van der Waals surface area contributed by atoms with Gasteiger partial charge in [-0.1, -0.05) is 0 Å². The Morgan fingerprint density at radius 3 is 2.71 bits per heavy atom. The molecule has 1 aromatic heterocycles. The van der Waals surface area contributed by atoms with Crippen molar-refractivity contribution in [1.82, 2.24) is 20.0 Å². The average molecular weight is 403 g/mol. The smallest absolute Gasteiger partial charge is 0.193 e. The summed E-state index contributed by atoms with van der Waals surface area (Å²) >= 11 is 0. The Morgan fingerprint density at radius 2 is 2.24 bits per heavy atom. The van der Waals surface area contributed by atoms with Gasteiger partial charge in [-0.2, -0.15) is 5.10 Å². The average Bonchev–Trinajstić information content (AvgIpc) is 3.31. The number of aryl methyl sites for hydroxylation is 1. The van der Waals surface area contributed by atoms with Crippen LogP contribution in [0, 0.1) is 11.3 Å². The van der Waals surface area contributed by atoms with E-state index in [1.807, 2.05) is 25.0 Å². The van der Waals surface area contributed by atoms with E-state index in [1.165, 1.54) is 31.2 Å². The van der Waals surface area contributed by atoms with Crippen molar-refractivity contribution in [3.63, 3.8) is 0 Å². The molecular weight excluding hydrogens is 377 g/mol. The summed E-state index contributed by atoms with van der Waals surface area (Å²) in [5.41, 5.74) is 1.81. The maximum atomic E-state index is 4.41. The van der Waals surface area contributed by atoms with E-state index in [0.717, 1.165) is 25.0 Å². The summed E-state index contributed by atoms with van der Waals surface area (Å²) in [7, 11) is 5.89. The Morgan fingerprint density at radius 1 is 1.52 bits per heavy atom. The summed E-state index contributed by atoms with van der Waals surface area (Å²) < 4.78 is 1.84. The number of nitrogens with zero attached hydrogens (tertiary/aromatic N) is 4. The summed E-state index contributed by atoms with van der Waals surface area (Å²) in [5.74, 6) is 1.97. The first-order valence-corrected chi connectivity index (χ1v) is 7.52. The minimum atomic E-state index is 0. The molecule has 0 bridgehead atoms. The molecule has 0 spiro atoms. The third-order valence-electron chi connectivity index (χ3n) is 4.69. The Kier molecular flexibility index (Phi) is 5.16. The van der Waals surface area contributed by atoms with Crippen LogP contribution < -0.4 is 5.32 Å². The number of halogens is 1. The molecule has 3 rings (SSSR count). The fourth-order valence-electron chi connectivity index (χ4n) is 3.13. The fourth-order valence-corrected chi connectivity index (χ4v) is 3.13. The number of aromatic nitrogens is 2. The summed E-state index contributed by atoms with van der Waals surface area (Å²) in [4.78, 5) is 6.57. The lowest BCUT2D eigenvalue weighted by atomic mass is 10.0. The Balaban J connectivity index is 0.00000161. The summed E-state index contributed by atoms with van der Waals surface area (Å²) in [6.07, 6.45) is 9.63. The predicted molar refractivity (Wildman–Crippen MR) is 95.8 cm³/mol. The normalized spacial score (nSPS) is 19.9. The van der Waals surface area contributed by atoms with E-state index >= 15 is 0 Å². The molecule has 5 nitrogen and oxygen atoms in total. The molecule has 0 aromatic carbocycles. The standard InChI is InChI=1S/C15H25N5.HI/c1-16-14(17-11-15(6-7-15)13-4-5-13)19(2)9-12-8-18-20(3)10-12;/h8,10,13H,4-7,9,11H2,1-3H3,(H,16,17);1H. The second kappa shape index (κ2) is 6.54. The van der Waals surface area contributed by atoms with Gasteiger partial charge in [0.1, 0.15) is 0 Å². The molecule has 0 aliphatic heterocycles. The number of hydrogen-bond acceptors (Lipinski definition) is 2. The molecule has 1 N–H and O–H groups in total. The molecule has 2 aliphatic carbocycles. The largest absolute Gasteiger partial charge is 0.356 e. The van der Waals surface area contributed by atoms with Crippen LogP contribution in [0.25, 0.3) is 0 Å². The highest BCUT2D eigenvalue weighted by molar-refractivity contribution is 14.0. The van der Waals surface area contributed by atoms with E-state index in [0.29, 0.717) is 5.41 Å². The number of hydrogen-bond donors (Lipinski definition) is 1. The molecule has 0 atom stereocenters. The third-order valence-corrected chi connectivity index (χ3v) is 4.69. The molecular formula is C15H26IN5. The van der Waals surface area contributed by atoms with Crippen molar-refractivity contribution >= 4 is 29.9 Å². The molecule has 6 heteroatoms. The highest BCUT2D eigenvalue weighted by Gasteiger charge is 2.53. The second-order valence-electron chi connectivity index (χ2n) is 6.42. The lowest BCUT2D eigenvalue weighted by Crippen LogP contribution is -2.41. The molecule has 1 aromatic rings. The van der Waals surface area contributed by atoms with Crippen LogP contribution >= 0.6 is 24.0 Å². The zero-order valence-corrected chi connectivity index (χ0v) is 15.5. The molecule has 2 saturated carbocycles. The minimum Gasteiger partial charge on any atom is -0.356 e. The van der Waals surface area contributed by atoms with Gasteiger partial charge in [0.2, 0.25) is 0 Å². The van der Waals surface area contributed by atoms with Crippen LogP contribution in [0.1, 0.15) is 31.2 Å². The summed E-state index contributed by atoms with van der Waals surface area (Å²) in [6, 6.07) is 0. The number of nitrogens with one attached hydrogen (secondary N) is 1. The van der Waals surface area contributed by atoms with E-state index in [4.69, 9.17) is 0 Å². The van der Waals surface area contributed by atoms with Gasteiger partial charge < -0.3 is 10.2 Å². The Labute approximate surface area is 144 Å². The van der Waals surface area contributed by atoms with Gasteiger partial charge in [-0.3, -0.25) is 9.67 Å². The van der Waals surface area contributed by atoms with Crippen molar-refractivity contribution < 1.29 is 0 Å². The molecule has 21 heavy (non-hydrogen) atoms. The van der Waals surface area contributed by atoms with Crippen LogP contribution in [0.3, 0.4) is 0 Å². The number of rotatable bonds is 5. The second-order valence-corrected chi connectivity index (χ2v) is 6.42. The lowest BCUT2D eigenvalue weighted by molar-refractivity contribution is 0.409. The molecule has 2 fully saturated rings. The Bertz CT molecular complexity index is 502. The quantitative estimate of drug-likeness (QED) is 0.466. The molecule has 118 valence electrons. The van der Waals surface area contributed by atoms with Gasteiger partial charge in [0, 0.05) is 46.0 Å². The van der Waals surface area contributed by atoms with E-state index in [1.54, 1.807) is 0 Å². The topological polar surface area (TPSA) is 45.5 Å². The van der Waals surface area contributed by atoms with Crippen molar-refractivity contribution in [1.29, 1.82) is 0 Å². The molecule has 0 amide bonds. The van der Waals surface area contributed by atoms with Crippen molar-refractivity contribution in [3.05, 3.63) is 18.0 Å². The first-order valence-electron chi connectivity index (χ1n) is 7.52. The van der Waals surface area contributed by atoms with Crippen LogP contribution in [-0.2, 0) is 13.6 Å². The highest BCUT2D eigenvalue weighted by atomic mass is 127. The zero-order chi connectivity index (χ0) is 14.2. The van der Waals surface area contributed by atoms with Gasteiger partial charge in [-0.15, -0.1) is 24.0 Å². The molecule has 1 heterocycles. The molecule has 0 unspecified atom stereocenters. The number of guanidine groups is 1. The van der Waals surface area contributed by atoms with Crippen molar-refractivity contribution in [2.75, 3.05) is 20.6 Å². The maximum Gasteiger partial charge on any atom is 0.193 e. The molecule has 0 saturated heterocycles. The van der Waals surface area contributed by atoms with Crippen LogP contribution in [-0.4, -0.2) is 41.3 Å². The fraction of sp³-hybridized carbons (Fsp3) is 0.733. The lowest BCUT2D eigenvalue weighted by Gasteiger charge is -2.24. The van der Waals surface area contributed by atoms with Crippen molar-refractivity contribution in [2.45, 2.75) is 32.2 Å². The highest BCUT2D eigenvalue weighted by Crippen LogP contribution is 2.60. The van der Waals surface area contributed by atoms with E-state index < -0.39 is 0 Å². The predicted octanol–water partition coefficient (Wildman–Crippen LogP) is 2.24. The van der Waals surface area contributed by atoms with Crippen LogP contribution in [0.2, 0.25) is 0 Å². The maximum absolute atomic E-state index is 4.41. The van der Waals surface area contributed by atoms with Gasteiger partial charge in [0.05, 0.1) is 6.20 Å². The van der Waals surface area contributed by atoms with Gasteiger partial charge >= 0.3 is 0 Å². The van der Waals surface area contributed by atoms with E-state index in [9.17, 15) is 0 Å². The molecule has 2 aliphatic rings. The zero-order valence-electron chi connectivity index (χ0n) is 13.2. The van der Waals surface area contributed by atoms with Crippen LogP contribution in [0.5, 0.6) is 0 Å². The first-order chi connectivity index (χ1) is 9.63. The first kappa shape index (κ1) is 16.6. The van der Waals surface area contributed by atoms with Crippen LogP contribution in [0.15, 0.2) is 17.4 Å². The van der Waals surface area contributed by atoms with Crippen molar-refractivity contribution in [2.24, 2.45) is 23.4 Å². The van der Waals surface area contributed by atoms with Gasteiger partial charge in [0.15, 0.2) is 5.96 Å². The number of aliphatic imine (C=N–C) groups is 1. The van der Waals surface area contributed by atoms with Crippen molar-refractivity contribution in [3.8, 4) is 0 Å². The Hall–Kier alpha value is -0.790. The van der Waals surface area contributed by atoms with Crippen LogP contribution in [0.4, 0.5) is 0 Å². The van der Waals surface area contributed by atoms with E-state index in [-0.39, 0.29) is 24.0 Å².